The molecule has 7 nitrogen and oxygen atoms in total. The third-order valence-corrected chi connectivity index (χ3v) is 4.06. The van der Waals surface area contributed by atoms with Gasteiger partial charge in [0.15, 0.2) is 0 Å². The molecule has 0 spiro atoms. The molecule has 3 aromatic rings. The zero-order valence-electron chi connectivity index (χ0n) is 13.1. The van der Waals surface area contributed by atoms with Crippen LogP contribution in [0.3, 0.4) is 0 Å². The molecule has 3 N–H and O–H groups in total. The van der Waals surface area contributed by atoms with E-state index < -0.39 is 0 Å². The molecular formula is C17H18N6O. The van der Waals surface area contributed by atoms with Crippen LogP contribution in [-0.4, -0.2) is 25.8 Å². The second-order valence-electron chi connectivity index (χ2n) is 5.99. The summed E-state index contributed by atoms with van der Waals surface area (Å²) in [6, 6.07) is 7.48. The molecule has 1 aliphatic carbocycles. The minimum absolute atomic E-state index is 0.275. The number of rotatable bonds is 5. The SMILES string of the molecule is O=C(Nc1ccc(Cn2ccnc2)cc1)Nc1[nH]ncc1C1CC1. The number of aromatic nitrogens is 4. The highest BCUT2D eigenvalue weighted by atomic mass is 16.2. The molecule has 0 saturated heterocycles. The van der Waals surface area contributed by atoms with Gasteiger partial charge in [-0.1, -0.05) is 12.1 Å². The molecule has 0 atom stereocenters. The topological polar surface area (TPSA) is 87.6 Å². The first kappa shape index (κ1) is 14.5. The number of H-pyrrole nitrogens is 1. The lowest BCUT2D eigenvalue weighted by Gasteiger charge is -2.09. The maximum Gasteiger partial charge on any atom is 0.324 e. The minimum Gasteiger partial charge on any atom is -0.333 e. The van der Waals surface area contributed by atoms with Crippen molar-refractivity contribution in [1.82, 2.24) is 19.7 Å². The second kappa shape index (κ2) is 6.19. The van der Waals surface area contributed by atoms with Crippen molar-refractivity contribution in [1.29, 1.82) is 0 Å². The lowest BCUT2D eigenvalue weighted by molar-refractivity contribution is 0.262. The van der Waals surface area contributed by atoms with E-state index in [1.54, 1.807) is 18.7 Å². The van der Waals surface area contributed by atoms with Crippen molar-refractivity contribution in [2.24, 2.45) is 0 Å². The molecule has 0 radical (unpaired) electrons. The average Bonchev–Trinajstić information content (AvgIpc) is 3.09. The Morgan fingerprint density at radius 2 is 2.08 bits per heavy atom. The molecule has 2 amide bonds. The standard InChI is InChI=1S/C17H18N6O/c24-17(21-16-15(9-19-22-16)13-3-4-13)20-14-5-1-12(2-6-14)10-23-8-7-18-11-23/h1-2,5-9,11,13H,3-4,10H2,(H3,19,20,21,22,24). The molecule has 1 aromatic carbocycles. The molecule has 122 valence electrons. The predicted molar refractivity (Wildman–Crippen MR) is 91.0 cm³/mol. The first-order chi connectivity index (χ1) is 11.8. The number of imidazole rings is 1. The number of aromatic amines is 1. The summed E-state index contributed by atoms with van der Waals surface area (Å²) in [5.74, 6) is 1.22. The summed E-state index contributed by atoms with van der Waals surface area (Å²) in [4.78, 5) is 16.2. The number of amides is 2. The summed E-state index contributed by atoms with van der Waals surface area (Å²) in [6.07, 6.45) is 9.56. The van der Waals surface area contributed by atoms with E-state index in [-0.39, 0.29) is 6.03 Å². The fourth-order valence-corrected chi connectivity index (χ4v) is 2.66. The fraction of sp³-hybridized carbons (Fsp3) is 0.235. The predicted octanol–water partition coefficient (Wildman–Crippen LogP) is 3.18. The van der Waals surface area contributed by atoms with Gasteiger partial charge in [-0.2, -0.15) is 5.10 Å². The van der Waals surface area contributed by atoms with E-state index in [1.807, 2.05) is 35.0 Å². The first-order valence-electron chi connectivity index (χ1n) is 7.94. The summed E-state index contributed by atoms with van der Waals surface area (Å²) >= 11 is 0. The number of benzene rings is 1. The van der Waals surface area contributed by atoms with Gasteiger partial charge in [-0.15, -0.1) is 0 Å². The van der Waals surface area contributed by atoms with Crippen LogP contribution in [0.4, 0.5) is 16.3 Å². The van der Waals surface area contributed by atoms with Crippen molar-refractivity contribution in [3.63, 3.8) is 0 Å². The van der Waals surface area contributed by atoms with Crippen molar-refractivity contribution in [2.75, 3.05) is 10.6 Å². The van der Waals surface area contributed by atoms with E-state index in [1.165, 1.54) is 0 Å². The van der Waals surface area contributed by atoms with E-state index in [0.29, 0.717) is 11.7 Å². The van der Waals surface area contributed by atoms with Gasteiger partial charge in [0.1, 0.15) is 5.82 Å². The zero-order valence-corrected chi connectivity index (χ0v) is 13.1. The van der Waals surface area contributed by atoms with Gasteiger partial charge in [-0.05, 0) is 36.5 Å². The molecular weight excluding hydrogens is 304 g/mol. The van der Waals surface area contributed by atoms with Gasteiger partial charge >= 0.3 is 6.03 Å². The number of carbonyl (C=O) groups is 1. The van der Waals surface area contributed by atoms with E-state index in [0.717, 1.165) is 36.2 Å². The molecule has 0 bridgehead atoms. The Kier molecular flexibility index (Phi) is 3.74. The number of nitrogens with one attached hydrogen (secondary N) is 3. The smallest absolute Gasteiger partial charge is 0.324 e. The Hall–Kier alpha value is -3.09. The molecule has 0 unspecified atom stereocenters. The molecule has 0 aliphatic heterocycles. The highest BCUT2D eigenvalue weighted by molar-refractivity contribution is 5.99. The van der Waals surface area contributed by atoms with E-state index in [2.05, 4.69) is 25.8 Å². The van der Waals surface area contributed by atoms with Gasteiger partial charge in [0, 0.05) is 30.2 Å². The molecule has 1 fully saturated rings. The molecule has 4 rings (SSSR count). The van der Waals surface area contributed by atoms with Crippen LogP contribution in [0.25, 0.3) is 0 Å². The van der Waals surface area contributed by atoms with Gasteiger partial charge in [0.25, 0.3) is 0 Å². The van der Waals surface area contributed by atoms with Gasteiger partial charge in [0.2, 0.25) is 0 Å². The van der Waals surface area contributed by atoms with Crippen molar-refractivity contribution in [2.45, 2.75) is 25.3 Å². The lowest BCUT2D eigenvalue weighted by Crippen LogP contribution is -2.20. The normalized spacial score (nSPS) is 13.7. The fourth-order valence-electron chi connectivity index (χ4n) is 2.66. The van der Waals surface area contributed by atoms with Gasteiger partial charge < -0.3 is 9.88 Å². The Morgan fingerprint density at radius 3 is 2.79 bits per heavy atom. The van der Waals surface area contributed by atoms with Gasteiger partial charge in [-0.25, -0.2) is 9.78 Å². The van der Waals surface area contributed by atoms with Crippen molar-refractivity contribution in [3.05, 3.63) is 60.3 Å². The summed E-state index contributed by atoms with van der Waals surface area (Å²) in [7, 11) is 0. The Morgan fingerprint density at radius 1 is 1.25 bits per heavy atom. The maximum atomic E-state index is 12.1. The number of hydrogen-bond donors (Lipinski definition) is 3. The maximum absolute atomic E-state index is 12.1. The van der Waals surface area contributed by atoms with Crippen LogP contribution >= 0.6 is 0 Å². The molecule has 2 heterocycles. The minimum atomic E-state index is -0.275. The Labute approximate surface area is 139 Å². The molecule has 24 heavy (non-hydrogen) atoms. The van der Waals surface area contributed by atoms with Crippen LogP contribution in [0, 0.1) is 0 Å². The quantitative estimate of drug-likeness (QED) is 0.674. The first-order valence-corrected chi connectivity index (χ1v) is 7.94. The monoisotopic (exact) mass is 322 g/mol. The number of hydrogen-bond acceptors (Lipinski definition) is 3. The van der Waals surface area contributed by atoms with Crippen molar-refractivity contribution < 1.29 is 4.79 Å². The van der Waals surface area contributed by atoms with Crippen LogP contribution in [0.5, 0.6) is 0 Å². The van der Waals surface area contributed by atoms with Crippen LogP contribution in [0.1, 0.15) is 29.9 Å². The Balaban J connectivity index is 1.36. The zero-order chi connectivity index (χ0) is 16.4. The second-order valence-corrected chi connectivity index (χ2v) is 5.99. The number of urea groups is 1. The molecule has 7 heteroatoms. The van der Waals surface area contributed by atoms with E-state index in [9.17, 15) is 4.79 Å². The highest BCUT2D eigenvalue weighted by Crippen LogP contribution is 2.42. The number of carbonyl (C=O) groups excluding carboxylic acids is 1. The third-order valence-electron chi connectivity index (χ3n) is 4.06. The highest BCUT2D eigenvalue weighted by Gasteiger charge is 2.27. The molecule has 2 aromatic heterocycles. The van der Waals surface area contributed by atoms with Crippen molar-refractivity contribution >= 4 is 17.5 Å². The van der Waals surface area contributed by atoms with Gasteiger partial charge in [0.05, 0.1) is 12.5 Å². The lowest BCUT2D eigenvalue weighted by atomic mass is 10.2. The van der Waals surface area contributed by atoms with Crippen LogP contribution < -0.4 is 10.6 Å². The van der Waals surface area contributed by atoms with Gasteiger partial charge in [-0.3, -0.25) is 10.4 Å². The summed E-state index contributed by atoms with van der Waals surface area (Å²) in [5, 5.41) is 12.5. The largest absolute Gasteiger partial charge is 0.333 e. The number of nitrogens with zero attached hydrogens (tertiary/aromatic N) is 3. The average molecular weight is 322 g/mol. The molecule has 1 aliphatic rings. The Bertz CT molecular complexity index is 817. The van der Waals surface area contributed by atoms with Crippen LogP contribution in [0.15, 0.2) is 49.2 Å². The summed E-state index contributed by atoms with van der Waals surface area (Å²) in [6.45, 7) is 0.755. The molecule has 1 saturated carbocycles. The number of anilines is 2. The van der Waals surface area contributed by atoms with E-state index in [4.69, 9.17) is 0 Å². The van der Waals surface area contributed by atoms with Crippen LogP contribution in [0.2, 0.25) is 0 Å². The third kappa shape index (κ3) is 3.29. The van der Waals surface area contributed by atoms with Crippen molar-refractivity contribution in [3.8, 4) is 0 Å². The van der Waals surface area contributed by atoms with E-state index >= 15 is 0 Å². The summed E-state index contributed by atoms with van der Waals surface area (Å²) < 4.78 is 1.99. The summed E-state index contributed by atoms with van der Waals surface area (Å²) in [5.41, 5.74) is 2.97. The van der Waals surface area contributed by atoms with Crippen LogP contribution in [-0.2, 0) is 6.54 Å².